The highest BCUT2D eigenvalue weighted by molar-refractivity contribution is 4.94. The maximum Gasteiger partial charge on any atom is 0.0192 e. The van der Waals surface area contributed by atoms with Crippen molar-refractivity contribution in [2.24, 2.45) is 11.3 Å². The minimum absolute atomic E-state index is 0.454. The maximum atomic E-state index is 3.62. The molecule has 2 aliphatic rings. The van der Waals surface area contributed by atoms with Crippen LogP contribution in [0.1, 0.15) is 40.0 Å². The Morgan fingerprint density at radius 2 is 2.00 bits per heavy atom. The fourth-order valence-corrected chi connectivity index (χ4v) is 4.22. The van der Waals surface area contributed by atoms with Crippen LogP contribution in [0.3, 0.4) is 0 Å². The molecular weight excluding hydrogens is 234 g/mol. The van der Waals surface area contributed by atoms with Crippen LogP contribution in [0.2, 0.25) is 0 Å². The summed E-state index contributed by atoms with van der Waals surface area (Å²) in [5, 5.41) is 3.62. The third kappa shape index (κ3) is 3.50. The van der Waals surface area contributed by atoms with Crippen LogP contribution < -0.4 is 5.32 Å². The van der Waals surface area contributed by atoms with E-state index in [2.05, 4.69) is 50.0 Å². The van der Waals surface area contributed by atoms with E-state index in [4.69, 9.17) is 0 Å². The Balaban J connectivity index is 1.94. The summed E-state index contributed by atoms with van der Waals surface area (Å²) >= 11 is 0. The van der Waals surface area contributed by atoms with Gasteiger partial charge < -0.3 is 15.1 Å². The van der Waals surface area contributed by atoms with Gasteiger partial charge in [0.05, 0.1) is 0 Å². The second-order valence-electron chi connectivity index (χ2n) is 7.50. The molecule has 3 atom stereocenters. The third-order valence-electron chi connectivity index (χ3n) is 5.56. The second kappa shape index (κ2) is 6.11. The van der Waals surface area contributed by atoms with Gasteiger partial charge in [0.1, 0.15) is 0 Å². The van der Waals surface area contributed by atoms with Gasteiger partial charge in [0.15, 0.2) is 0 Å². The summed E-state index contributed by atoms with van der Waals surface area (Å²) in [6.07, 6.45) is 4.17. The number of nitrogens with one attached hydrogen (secondary N) is 1. The quantitative estimate of drug-likeness (QED) is 0.844. The van der Waals surface area contributed by atoms with Crippen molar-refractivity contribution in [3.05, 3.63) is 0 Å². The number of hydrogen-bond acceptors (Lipinski definition) is 3. The maximum absolute atomic E-state index is 3.62. The molecule has 19 heavy (non-hydrogen) atoms. The van der Waals surface area contributed by atoms with Crippen LogP contribution in [0.5, 0.6) is 0 Å². The van der Waals surface area contributed by atoms with Gasteiger partial charge in [-0.1, -0.05) is 20.3 Å². The largest absolute Gasteiger partial charge is 0.316 e. The number of likely N-dealkylation sites (N-methyl/N-ethyl adjacent to an activating group) is 1. The molecule has 112 valence electrons. The summed E-state index contributed by atoms with van der Waals surface area (Å²) in [5.41, 5.74) is 0.454. The van der Waals surface area contributed by atoms with Crippen LogP contribution in [-0.4, -0.2) is 62.2 Å². The van der Waals surface area contributed by atoms with E-state index in [0.717, 1.165) is 5.92 Å². The summed E-state index contributed by atoms with van der Waals surface area (Å²) < 4.78 is 0. The van der Waals surface area contributed by atoms with Gasteiger partial charge in [-0.15, -0.1) is 0 Å². The Morgan fingerprint density at radius 3 is 2.63 bits per heavy atom. The highest BCUT2D eigenvalue weighted by Crippen LogP contribution is 2.39. The van der Waals surface area contributed by atoms with Gasteiger partial charge in [0.2, 0.25) is 0 Å². The summed E-state index contributed by atoms with van der Waals surface area (Å²) in [5.74, 6) is 0.823. The first kappa shape index (κ1) is 15.3. The smallest absolute Gasteiger partial charge is 0.0192 e. The molecule has 0 spiro atoms. The zero-order chi connectivity index (χ0) is 14.0. The highest BCUT2D eigenvalue weighted by atomic mass is 15.3. The molecule has 0 aromatic heterocycles. The molecule has 0 amide bonds. The normalized spacial score (nSPS) is 37.4. The van der Waals surface area contributed by atoms with E-state index >= 15 is 0 Å². The fourth-order valence-electron chi connectivity index (χ4n) is 4.22. The van der Waals surface area contributed by atoms with Gasteiger partial charge >= 0.3 is 0 Å². The molecule has 2 fully saturated rings. The predicted octanol–water partition coefficient (Wildman–Crippen LogP) is 2.04. The average molecular weight is 267 g/mol. The zero-order valence-electron chi connectivity index (χ0n) is 13.6. The molecule has 2 rings (SSSR count). The average Bonchev–Trinajstić information content (AvgIpc) is 2.33. The Hall–Kier alpha value is -0.120. The summed E-state index contributed by atoms with van der Waals surface area (Å²) in [7, 11) is 4.40. The molecular formula is C16H33N3. The van der Waals surface area contributed by atoms with Crippen molar-refractivity contribution in [3.8, 4) is 0 Å². The molecule has 0 aromatic carbocycles. The van der Waals surface area contributed by atoms with E-state index in [1.807, 2.05) is 0 Å². The van der Waals surface area contributed by atoms with Gasteiger partial charge in [-0.05, 0) is 45.2 Å². The standard InChI is InChI=1S/C16H33N3/c1-13-11-19(10-9-18(13)5)12-14-7-6-8-16(2,3)15(14)17-4/h13-15,17H,6-12H2,1-5H3. The van der Waals surface area contributed by atoms with Crippen molar-refractivity contribution in [2.75, 3.05) is 40.3 Å². The van der Waals surface area contributed by atoms with Crippen molar-refractivity contribution in [1.29, 1.82) is 0 Å². The molecule has 1 heterocycles. The molecule has 1 saturated heterocycles. The summed E-state index contributed by atoms with van der Waals surface area (Å²) in [6, 6.07) is 1.38. The summed E-state index contributed by atoms with van der Waals surface area (Å²) in [6.45, 7) is 12.2. The third-order valence-corrected chi connectivity index (χ3v) is 5.56. The zero-order valence-corrected chi connectivity index (χ0v) is 13.6. The van der Waals surface area contributed by atoms with Crippen molar-refractivity contribution < 1.29 is 0 Å². The molecule has 0 radical (unpaired) electrons. The Bertz CT molecular complexity index is 290. The van der Waals surface area contributed by atoms with Gasteiger partial charge in [-0.3, -0.25) is 0 Å². The van der Waals surface area contributed by atoms with Crippen LogP contribution in [-0.2, 0) is 0 Å². The minimum atomic E-state index is 0.454. The van der Waals surface area contributed by atoms with Crippen molar-refractivity contribution in [2.45, 2.75) is 52.1 Å². The van der Waals surface area contributed by atoms with Crippen molar-refractivity contribution >= 4 is 0 Å². The molecule has 0 bridgehead atoms. The number of rotatable bonds is 3. The van der Waals surface area contributed by atoms with Gasteiger partial charge in [-0.25, -0.2) is 0 Å². The molecule has 3 heteroatoms. The predicted molar refractivity (Wildman–Crippen MR) is 82.5 cm³/mol. The van der Waals surface area contributed by atoms with Crippen LogP contribution >= 0.6 is 0 Å². The van der Waals surface area contributed by atoms with Gasteiger partial charge in [0, 0.05) is 38.3 Å². The van der Waals surface area contributed by atoms with Crippen molar-refractivity contribution in [3.63, 3.8) is 0 Å². The molecule has 3 unspecified atom stereocenters. The van der Waals surface area contributed by atoms with Crippen LogP contribution in [0, 0.1) is 11.3 Å². The fraction of sp³-hybridized carbons (Fsp3) is 1.00. The first-order chi connectivity index (χ1) is 8.94. The van der Waals surface area contributed by atoms with E-state index in [1.165, 1.54) is 45.4 Å². The molecule has 0 aromatic rings. The molecule has 1 aliphatic heterocycles. The molecule has 3 nitrogen and oxygen atoms in total. The minimum Gasteiger partial charge on any atom is -0.316 e. The summed E-state index contributed by atoms with van der Waals surface area (Å²) in [4.78, 5) is 5.18. The topological polar surface area (TPSA) is 18.5 Å². The number of piperazine rings is 1. The Morgan fingerprint density at radius 1 is 1.26 bits per heavy atom. The van der Waals surface area contributed by atoms with E-state index in [-0.39, 0.29) is 0 Å². The molecule has 1 N–H and O–H groups in total. The lowest BCUT2D eigenvalue weighted by Gasteiger charge is -2.47. The first-order valence-electron chi connectivity index (χ1n) is 8.04. The lowest BCUT2D eigenvalue weighted by molar-refractivity contribution is 0.0491. The monoisotopic (exact) mass is 267 g/mol. The molecule has 1 saturated carbocycles. The lowest BCUT2D eigenvalue weighted by Crippen LogP contribution is -2.55. The van der Waals surface area contributed by atoms with Crippen LogP contribution in [0.15, 0.2) is 0 Å². The number of hydrogen-bond donors (Lipinski definition) is 1. The Labute approximate surface area is 119 Å². The van der Waals surface area contributed by atoms with Gasteiger partial charge in [-0.2, -0.15) is 0 Å². The second-order valence-corrected chi connectivity index (χ2v) is 7.50. The van der Waals surface area contributed by atoms with E-state index < -0.39 is 0 Å². The van der Waals surface area contributed by atoms with Crippen molar-refractivity contribution in [1.82, 2.24) is 15.1 Å². The van der Waals surface area contributed by atoms with Crippen LogP contribution in [0.25, 0.3) is 0 Å². The lowest BCUT2D eigenvalue weighted by atomic mass is 9.68. The van der Waals surface area contributed by atoms with E-state index in [0.29, 0.717) is 17.5 Å². The molecule has 1 aliphatic carbocycles. The van der Waals surface area contributed by atoms with E-state index in [1.54, 1.807) is 0 Å². The van der Waals surface area contributed by atoms with E-state index in [9.17, 15) is 0 Å². The SMILES string of the molecule is CNC1C(CN2CCN(C)C(C)C2)CCCC1(C)C. The van der Waals surface area contributed by atoms with Gasteiger partial charge in [0.25, 0.3) is 0 Å². The first-order valence-corrected chi connectivity index (χ1v) is 8.04. The van der Waals surface area contributed by atoms with Crippen LogP contribution in [0.4, 0.5) is 0 Å². The Kier molecular flexibility index (Phi) is 4.91. The highest BCUT2D eigenvalue weighted by Gasteiger charge is 2.38. The number of nitrogens with zero attached hydrogens (tertiary/aromatic N) is 2.